The van der Waals surface area contributed by atoms with E-state index in [1.165, 1.54) is 35.4 Å². The van der Waals surface area contributed by atoms with Gasteiger partial charge >= 0.3 is 0 Å². The van der Waals surface area contributed by atoms with Crippen LogP contribution in [0.25, 0.3) is 10.4 Å². The molecule has 0 aliphatic heterocycles. The topological polar surface area (TPSA) is 47.0 Å². The van der Waals surface area contributed by atoms with Gasteiger partial charge in [0.25, 0.3) is 0 Å². The lowest BCUT2D eigenvalue weighted by atomic mass is 9.82. The van der Waals surface area contributed by atoms with Crippen molar-refractivity contribution in [3.8, 4) is 22.1 Å². The summed E-state index contributed by atoms with van der Waals surface area (Å²) in [5.41, 5.74) is 4.37. The first kappa shape index (κ1) is 21.7. The highest BCUT2D eigenvalue weighted by Gasteiger charge is 2.27. The van der Waals surface area contributed by atoms with Gasteiger partial charge in [0.1, 0.15) is 11.4 Å². The summed E-state index contributed by atoms with van der Waals surface area (Å²) in [5, 5.41) is 4.38. The molecule has 0 saturated heterocycles. The zero-order valence-electron chi connectivity index (χ0n) is 19.3. The molecule has 33 heavy (non-hydrogen) atoms. The van der Waals surface area contributed by atoms with Crippen molar-refractivity contribution in [1.82, 2.24) is 9.97 Å². The smallest absolute Gasteiger partial charge is 0.243 e. The Labute approximate surface area is 199 Å². The maximum absolute atomic E-state index is 6.34. The standard InChI is InChI=1S/C28H29N3OS/c1-28(2,3)21-15-7-8-17-23(21)32-26-22(16-10-18-29-26)30-27-31-24(19-13-9-14-19)25(33-27)20-11-5-4-6-12-20/h4-8,10-12,15-19H,9,13-14H2,1-3H3,(H,30,31). The van der Waals surface area contributed by atoms with Crippen molar-refractivity contribution < 1.29 is 4.74 Å². The van der Waals surface area contributed by atoms with Crippen LogP contribution in [0.3, 0.4) is 0 Å². The van der Waals surface area contributed by atoms with Gasteiger partial charge in [0.15, 0.2) is 5.13 Å². The molecule has 5 rings (SSSR count). The minimum absolute atomic E-state index is 0.0312. The number of hydrogen-bond donors (Lipinski definition) is 1. The molecule has 168 valence electrons. The molecule has 2 aromatic carbocycles. The summed E-state index contributed by atoms with van der Waals surface area (Å²) < 4.78 is 6.34. The van der Waals surface area contributed by atoms with Crippen LogP contribution in [0.1, 0.15) is 57.2 Å². The third-order valence-electron chi connectivity index (χ3n) is 6.10. The van der Waals surface area contributed by atoms with Crippen LogP contribution in [0.2, 0.25) is 0 Å². The average molecular weight is 456 g/mol. The van der Waals surface area contributed by atoms with Crippen LogP contribution in [0, 0.1) is 0 Å². The molecule has 0 amide bonds. The monoisotopic (exact) mass is 455 g/mol. The average Bonchev–Trinajstić information content (AvgIpc) is 3.17. The van der Waals surface area contributed by atoms with Crippen LogP contribution in [-0.2, 0) is 5.41 Å². The van der Waals surface area contributed by atoms with E-state index in [1.807, 2.05) is 30.3 Å². The summed E-state index contributed by atoms with van der Waals surface area (Å²) in [5.74, 6) is 1.93. The molecule has 2 aromatic heterocycles. The van der Waals surface area contributed by atoms with Crippen molar-refractivity contribution in [2.75, 3.05) is 5.32 Å². The molecule has 0 radical (unpaired) electrons. The maximum Gasteiger partial charge on any atom is 0.243 e. The van der Waals surface area contributed by atoms with Gasteiger partial charge in [0, 0.05) is 17.7 Å². The second-order valence-corrected chi connectivity index (χ2v) is 10.6. The molecule has 1 fully saturated rings. The predicted octanol–water partition coefficient (Wildman–Crippen LogP) is 8.31. The number of rotatable bonds is 6. The van der Waals surface area contributed by atoms with Crippen LogP contribution in [0.4, 0.5) is 10.8 Å². The van der Waals surface area contributed by atoms with E-state index in [1.54, 1.807) is 17.5 Å². The van der Waals surface area contributed by atoms with E-state index in [2.05, 4.69) is 67.5 Å². The summed E-state index contributed by atoms with van der Waals surface area (Å²) in [4.78, 5) is 10.8. The van der Waals surface area contributed by atoms with E-state index in [0.717, 1.165) is 22.1 Å². The van der Waals surface area contributed by atoms with Gasteiger partial charge in [-0.3, -0.25) is 0 Å². The number of nitrogens with one attached hydrogen (secondary N) is 1. The van der Waals surface area contributed by atoms with E-state index in [9.17, 15) is 0 Å². The molecule has 0 unspecified atom stereocenters. The fraction of sp³-hybridized carbons (Fsp3) is 0.286. The Bertz CT molecular complexity index is 1240. The highest BCUT2D eigenvalue weighted by Crippen LogP contribution is 2.45. The Balaban J connectivity index is 1.47. The highest BCUT2D eigenvalue weighted by atomic mass is 32.1. The summed E-state index contributed by atoms with van der Waals surface area (Å²) in [6, 6.07) is 22.7. The fourth-order valence-corrected chi connectivity index (χ4v) is 5.17. The molecule has 1 N–H and O–H groups in total. The molecule has 1 saturated carbocycles. The number of pyridine rings is 1. The van der Waals surface area contributed by atoms with Gasteiger partial charge in [-0.05, 0) is 42.0 Å². The normalized spacial score (nSPS) is 14.0. The molecule has 0 spiro atoms. The quantitative estimate of drug-likeness (QED) is 0.317. The number of anilines is 2. The molecule has 1 aliphatic rings. The number of aromatic nitrogens is 2. The van der Waals surface area contributed by atoms with Crippen LogP contribution in [-0.4, -0.2) is 9.97 Å². The summed E-state index contributed by atoms with van der Waals surface area (Å²) >= 11 is 1.70. The van der Waals surface area contributed by atoms with Crippen LogP contribution >= 0.6 is 11.3 Å². The lowest BCUT2D eigenvalue weighted by molar-refractivity contribution is 0.413. The summed E-state index contributed by atoms with van der Waals surface area (Å²) in [6.45, 7) is 6.57. The van der Waals surface area contributed by atoms with Gasteiger partial charge in [-0.25, -0.2) is 9.97 Å². The zero-order chi connectivity index (χ0) is 22.8. The first-order valence-corrected chi connectivity index (χ1v) is 12.4. The van der Waals surface area contributed by atoms with Crippen molar-refractivity contribution in [1.29, 1.82) is 0 Å². The Morgan fingerprint density at radius 2 is 1.70 bits per heavy atom. The van der Waals surface area contributed by atoms with Crippen molar-refractivity contribution in [3.05, 3.63) is 84.2 Å². The van der Waals surface area contributed by atoms with Gasteiger partial charge in [-0.15, -0.1) is 0 Å². The number of hydrogen-bond acceptors (Lipinski definition) is 5. The molecule has 5 heteroatoms. The minimum Gasteiger partial charge on any atom is -0.437 e. The van der Waals surface area contributed by atoms with Gasteiger partial charge < -0.3 is 10.1 Å². The molecule has 2 heterocycles. The van der Waals surface area contributed by atoms with E-state index in [0.29, 0.717) is 11.8 Å². The van der Waals surface area contributed by atoms with Crippen molar-refractivity contribution >= 4 is 22.2 Å². The van der Waals surface area contributed by atoms with Gasteiger partial charge in [-0.2, -0.15) is 0 Å². The van der Waals surface area contributed by atoms with E-state index in [4.69, 9.17) is 9.72 Å². The van der Waals surface area contributed by atoms with Crippen LogP contribution in [0.15, 0.2) is 72.9 Å². The van der Waals surface area contributed by atoms with E-state index in [-0.39, 0.29) is 5.41 Å². The lowest BCUT2D eigenvalue weighted by Crippen LogP contribution is -2.12. The first-order valence-electron chi connectivity index (χ1n) is 11.5. The summed E-state index contributed by atoms with van der Waals surface area (Å²) in [7, 11) is 0. The number of benzene rings is 2. The van der Waals surface area contributed by atoms with Crippen molar-refractivity contribution in [2.24, 2.45) is 0 Å². The Hall–Kier alpha value is -3.18. The third kappa shape index (κ3) is 4.64. The van der Waals surface area contributed by atoms with E-state index < -0.39 is 0 Å². The largest absolute Gasteiger partial charge is 0.437 e. The number of ether oxygens (including phenoxy) is 1. The van der Waals surface area contributed by atoms with Crippen molar-refractivity contribution in [3.63, 3.8) is 0 Å². The van der Waals surface area contributed by atoms with Gasteiger partial charge in [0.05, 0.1) is 10.6 Å². The SMILES string of the molecule is CC(C)(C)c1ccccc1Oc1ncccc1Nc1nc(C2CCC2)c(-c2ccccc2)s1. The molecular weight excluding hydrogens is 426 g/mol. The molecule has 4 aromatic rings. The highest BCUT2D eigenvalue weighted by molar-refractivity contribution is 7.19. The van der Waals surface area contributed by atoms with Crippen LogP contribution < -0.4 is 10.1 Å². The first-order chi connectivity index (χ1) is 16.0. The predicted molar refractivity (Wildman–Crippen MR) is 137 cm³/mol. The second kappa shape index (κ2) is 8.99. The molecule has 0 bridgehead atoms. The van der Waals surface area contributed by atoms with Crippen LogP contribution in [0.5, 0.6) is 11.6 Å². The molecule has 1 aliphatic carbocycles. The Morgan fingerprint density at radius 1 is 0.939 bits per heavy atom. The Kier molecular flexibility index (Phi) is 5.90. The fourth-order valence-electron chi connectivity index (χ4n) is 4.10. The Morgan fingerprint density at radius 3 is 2.42 bits per heavy atom. The molecule has 4 nitrogen and oxygen atoms in total. The third-order valence-corrected chi connectivity index (χ3v) is 7.13. The summed E-state index contributed by atoms with van der Waals surface area (Å²) in [6.07, 6.45) is 5.48. The maximum atomic E-state index is 6.34. The van der Waals surface area contributed by atoms with Gasteiger partial charge in [-0.1, -0.05) is 87.1 Å². The second-order valence-electron chi connectivity index (χ2n) is 9.56. The zero-order valence-corrected chi connectivity index (χ0v) is 20.2. The lowest BCUT2D eigenvalue weighted by Gasteiger charge is -2.24. The molecule has 0 atom stereocenters. The van der Waals surface area contributed by atoms with Gasteiger partial charge in [0.2, 0.25) is 5.88 Å². The number of thiazole rings is 1. The minimum atomic E-state index is -0.0312. The van der Waals surface area contributed by atoms with E-state index >= 15 is 0 Å². The number of nitrogens with zero attached hydrogens (tertiary/aromatic N) is 2. The van der Waals surface area contributed by atoms with Crippen molar-refractivity contribution in [2.45, 2.75) is 51.4 Å². The number of para-hydroxylation sites is 1. The molecular formula is C28H29N3OS.